The van der Waals surface area contributed by atoms with E-state index in [1.807, 2.05) is 0 Å². The van der Waals surface area contributed by atoms with Gasteiger partial charge in [0, 0.05) is 36.8 Å². The summed E-state index contributed by atoms with van der Waals surface area (Å²) in [6, 6.07) is 12.1. The molecular formula is C26H27ClN2O6. The maximum Gasteiger partial charge on any atom is 0.337 e. The van der Waals surface area contributed by atoms with Crippen LogP contribution >= 0.6 is 11.6 Å². The number of rotatable bonds is 7. The first-order chi connectivity index (χ1) is 16.9. The number of Topliss-reactive ketones (excluding diaryl/α,β-unsaturated/α-hetero) is 1. The quantitative estimate of drug-likeness (QED) is 0.271. The van der Waals surface area contributed by atoms with Crippen LogP contribution in [0.3, 0.4) is 0 Å². The Labute approximate surface area is 208 Å². The lowest BCUT2D eigenvalue weighted by Gasteiger charge is -2.29. The van der Waals surface area contributed by atoms with Gasteiger partial charge in [-0.3, -0.25) is 14.5 Å². The lowest BCUT2D eigenvalue weighted by atomic mass is 9.94. The number of methoxy groups -OCH3 is 1. The highest BCUT2D eigenvalue weighted by Gasteiger charge is 2.45. The van der Waals surface area contributed by atoms with Crippen molar-refractivity contribution in [2.45, 2.75) is 12.5 Å². The van der Waals surface area contributed by atoms with Crippen LogP contribution in [0.25, 0.3) is 5.76 Å². The fourth-order valence-corrected chi connectivity index (χ4v) is 4.56. The normalized spacial score (nSPS) is 20.3. The lowest BCUT2D eigenvalue weighted by molar-refractivity contribution is -0.140. The highest BCUT2D eigenvalue weighted by Crippen LogP contribution is 2.39. The molecule has 4 rings (SSSR count). The van der Waals surface area contributed by atoms with Crippen LogP contribution < -0.4 is 0 Å². The Hall–Kier alpha value is -3.20. The zero-order chi connectivity index (χ0) is 24.9. The molecule has 1 amide bonds. The molecule has 9 heteroatoms. The van der Waals surface area contributed by atoms with Crippen molar-refractivity contribution in [2.24, 2.45) is 0 Å². The zero-order valence-corrected chi connectivity index (χ0v) is 20.2. The van der Waals surface area contributed by atoms with Gasteiger partial charge in [0.2, 0.25) is 0 Å². The van der Waals surface area contributed by atoms with Gasteiger partial charge in [-0.2, -0.15) is 0 Å². The Bertz CT molecular complexity index is 1120. The molecule has 0 bridgehead atoms. The first kappa shape index (κ1) is 24.9. The number of hydrogen-bond acceptors (Lipinski definition) is 7. The van der Waals surface area contributed by atoms with Crippen molar-refractivity contribution < 1.29 is 29.0 Å². The molecule has 0 saturated carbocycles. The zero-order valence-electron chi connectivity index (χ0n) is 19.4. The summed E-state index contributed by atoms with van der Waals surface area (Å²) in [4.78, 5) is 41.9. The predicted molar refractivity (Wildman–Crippen MR) is 130 cm³/mol. The second kappa shape index (κ2) is 11.0. The predicted octanol–water partition coefficient (Wildman–Crippen LogP) is 3.27. The molecule has 2 heterocycles. The first-order valence-corrected chi connectivity index (χ1v) is 11.8. The minimum atomic E-state index is -0.790. The number of ether oxygens (including phenoxy) is 2. The summed E-state index contributed by atoms with van der Waals surface area (Å²) in [6.45, 7) is 4.11. The van der Waals surface area contributed by atoms with E-state index in [2.05, 4.69) is 4.90 Å². The topological polar surface area (TPSA) is 96.4 Å². The van der Waals surface area contributed by atoms with Crippen molar-refractivity contribution in [1.82, 2.24) is 9.80 Å². The van der Waals surface area contributed by atoms with Crippen LogP contribution in [-0.4, -0.2) is 79.1 Å². The Kier molecular flexibility index (Phi) is 7.85. The number of morpholine rings is 1. The second-order valence-electron chi connectivity index (χ2n) is 8.42. The average molecular weight is 499 g/mol. The van der Waals surface area contributed by atoms with Crippen LogP contribution in [0.5, 0.6) is 0 Å². The highest BCUT2D eigenvalue weighted by molar-refractivity contribution is 6.46. The Morgan fingerprint density at radius 1 is 1.03 bits per heavy atom. The third-order valence-corrected chi connectivity index (χ3v) is 6.53. The molecule has 35 heavy (non-hydrogen) atoms. The molecule has 0 aliphatic carbocycles. The summed E-state index contributed by atoms with van der Waals surface area (Å²) in [7, 11) is 1.30. The van der Waals surface area contributed by atoms with Gasteiger partial charge in [-0.05, 0) is 48.4 Å². The van der Waals surface area contributed by atoms with Crippen molar-refractivity contribution in [1.29, 1.82) is 0 Å². The van der Waals surface area contributed by atoms with Gasteiger partial charge < -0.3 is 19.5 Å². The number of aliphatic hydroxyl groups excluding tert-OH is 1. The number of hydrogen-bond donors (Lipinski definition) is 1. The van der Waals surface area contributed by atoms with E-state index < -0.39 is 23.7 Å². The number of aliphatic hydroxyl groups is 1. The second-order valence-corrected chi connectivity index (χ2v) is 8.86. The minimum absolute atomic E-state index is 0.00881. The fraction of sp³-hybridized carbons (Fsp3) is 0.346. The molecule has 1 N–H and O–H groups in total. The van der Waals surface area contributed by atoms with Gasteiger partial charge >= 0.3 is 5.97 Å². The molecule has 2 fully saturated rings. The Morgan fingerprint density at radius 3 is 2.29 bits per heavy atom. The summed E-state index contributed by atoms with van der Waals surface area (Å²) in [5.41, 5.74) is 1.35. The monoisotopic (exact) mass is 498 g/mol. The number of carbonyl (C=O) groups is 3. The van der Waals surface area contributed by atoms with Crippen molar-refractivity contribution in [3.05, 3.63) is 75.8 Å². The number of amides is 1. The number of carbonyl (C=O) groups excluding carboxylic acids is 3. The van der Waals surface area contributed by atoms with Crippen molar-refractivity contribution in [3.8, 4) is 0 Å². The molecule has 2 aromatic rings. The maximum absolute atomic E-state index is 13.1. The van der Waals surface area contributed by atoms with E-state index in [0.29, 0.717) is 47.9 Å². The molecule has 0 spiro atoms. The average Bonchev–Trinajstić information content (AvgIpc) is 3.14. The fourth-order valence-electron chi connectivity index (χ4n) is 4.43. The summed E-state index contributed by atoms with van der Waals surface area (Å²) >= 11 is 5.97. The van der Waals surface area contributed by atoms with Gasteiger partial charge in [-0.15, -0.1) is 0 Å². The van der Waals surface area contributed by atoms with Gasteiger partial charge in [0.25, 0.3) is 11.7 Å². The van der Waals surface area contributed by atoms with E-state index in [1.165, 1.54) is 12.0 Å². The summed E-state index contributed by atoms with van der Waals surface area (Å²) in [5.74, 6) is -2.16. The number of ketones is 1. The maximum atomic E-state index is 13.1. The number of halogens is 1. The number of likely N-dealkylation sites (tertiary alicyclic amines) is 1. The van der Waals surface area contributed by atoms with E-state index in [0.717, 1.165) is 19.6 Å². The van der Waals surface area contributed by atoms with Gasteiger partial charge in [0.15, 0.2) is 0 Å². The molecule has 2 aromatic carbocycles. The SMILES string of the molecule is COC(=O)c1ccc([C@@H]2C(=C(O)c3ccc(Cl)cc3)C(=O)C(=O)N2CCCN2CCOCC2)cc1. The Morgan fingerprint density at radius 2 is 1.66 bits per heavy atom. The number of nitrogens with zero attached hydrogens (tertiary/aromatic N) is 2. The third kappa shape index (κ3) is 5.40. The van der Waals surface area contributed by atoms with E-state index in [9.17, 15) is 19.5 Å². The van der Waals surface area contributed by atoms with Crippen molar-refractivity contribution >= 4 is 35.0 Å². The van der Waals surface area contributed by atoms with Gasteiger partial charge in [0.05, 0.1) is 37.5 Å². The highest BCUT2D eigenvalue weighted by atomic mass is 35.5. The van der Waals surface area contributed by atoms with E-state index in [1.54, 1.807) is 48.5 Å². The molecule has 0 unspecified atom stereocenters. The largest absolute Gasteiger partial charge is 0.507 e. The minimum Gasteiger partial charge on any atom is -0.507 e. The van der Waals surface area contributed by atoms with Crippen LogP contribution in [0, 0.1) is 0 Å². The van der Waals surface area contributed by atoms with E-state index in [-0.39, 0.29) is 11.3 Å². The molecule has 8 nitrogen and oxygen atoms in total. The smallest absolute Gasteiger partial charge is 0.337 e. The summed E-state index contributed by atoms with van der Waals surface area (Å²) in [6.07, 6.45) is 0.657. The van der Waals surface area contributed by atoms with Crippen molar-refractivity contribution in [2.75, 3.05) is 46.5 Å². The molecular weight excluding hydrogens is 472 g/mol. The van der Waals surface area contributed by atoms with Crippen LogP contribution in [-0.2, 0) is 19.1 Å². The standard InChI is InChI=1S/C26H27ClN2O6/c1-34-26(33)19-5-3-17(4-6-19)22-21(23(30)18-7-9-20(27)10-8-18)24(31)25(32)29(22)12-2-11-28-13-15-35-16-14-28/h3-10,22,30H,2,11-16H2,1H3/t22-/m1/s1. The van der Waals surface area contributed by atoms with Crippen LogP contribution in [0.1, 0.15) is 33.9 Å². The van der Waals surface area contributed by atoms with Crippen LogP contribution in [0.15, 0.2) is 54.1 Å². The Balaban J connectivity index is 1.68. The summed E-state index contributed by atoms with van der Waals surface area (Å²) in [5, 5.41) is 11.6. The molecule has 2 saturated heterocycles. The molecule has 0 radical (unpaired) electrons. The lowest BCUT2D eigenvalue weighted by Crippen LogP contribution is -2.39. The van der Waals surface area contributed by atoms with Gasteiger partial charge in [0.1, 0.15) is 5.76 Å². The number of benzene rings is 2. The molecule has 1 atom stereocenters. The number of esters is 1. The molecule has 2 aliphatic rings. The first-order valence-electron chi connectivity index (χ1n) is 11.4. The molecule has 184 valence electrons. The summed E-state index contributed by atoms with van der Waals surface area (Å²) < 4.78 is 10.1. The van der Waals surface area contributed by atoms with Crippen LogP contribution in [0.2, 0.25) is 5.02 Å². The van der Waals surface area contributed by atoms with Crippen LogP contribution in [0.4, 0.5) is 0 Å². The molecule has 2 aliphatic heterocycles. The van der Waals surface area contributed by atoms with Crippen molar-refractivity contribution in [3.63, 3.8) is 0 Å². The van der Waals surface area contributed by atoms with Gasteiger partial charge in [-0.1, -0.05) is 23.7 Å². The van der Waals surface area contributed by atoms with E-state index >= 15 is 0 Å². The van der Waals surface area contributed by atoms with E-state index in [4.69, 9.17) is 21.1 Å². The third-order valence-electron chi connectivity index (χ3n) is 6.28. The molecule has 0 aromatic heterocycles. The van der Waals surface area contributed by atoms with Gasteiger partial charge in [-0.25, -0.2) is 4.79 Å².